The molecule has 0 amide bonds. The van der Waals surface area contributed by atoms with Crippen LogP contribution in [0.2, 0.25) is 0 Å². The second-order valence-electron chi connectivity index (χ2n) is 7.17. The number of aromatic nitrogens is 1. The molecule has 0 aliphatic carbocycles. The van der Waals surface area contributed by atoms with E-state index in [2.05, 4.69) is 11.6 Å². The maximum absolute atomic E-state index is 12.8. The van der Waals surface area contributed by atoms with Crippen LogP contribution in [0.15, 0.2) is 59.5 Å². The van der Waals surface area contributed by atoms with Crippen molar-refractivity contribution in [3.05, 3.63) is 65.9 Å². The predicted molar refractivity (Wildman–Crippen MR) is 118 cm³/mol. The summed E-state index contributed by atoms with van der Waals surface area (Å²) in [5, 5.41) is 0.907. The van der Waals surface area contributed by atoms with E-state index in [0.717, 1.165) is 55.5 Å². The van der Waals surface area contributed by atoms with Crippen LogP contribution >= 0.6 is 0 Å². The summed E-state index contributed by atoms with van der Waals surface area (Å²) in [6, 6.07) is 16.3. The second kappa shape index (κ2) is 9.85. The van der Waals surface area contributed by atoms with Gasteiger partial charge in [0.25, 0.3) is 10.0 Å². The topological polar surface area (TPSA) is 68.3 Å². The summed E-state index contributed by atoms with van der Waals surface area (Å²) >= 11 is 0. The molecule has 0 aliphatic rings. The normalized spacial score (nSPS) is 11.7. The van der Waals surface area contributed by atoms with Crippen LogP contribution in [0, 0.1) is 6.92 Å². The fourth-order valence-corrected chi connectivity index (χ4v) is 4.15. The van der Waals surface area contributed by atoms with Gasteiger partial charge >= 0.3 is 0 Å². The Morgan fingerprint density at radius 3 is 2.52 bits per heavy atom. The van der Waals surface area contributed by atoms with Crippen LogP contribution < -0.4 is 4.72 Å². The van der Waals surface area contributed by atoms with Crippen LogP contribution in [0.5, 0.6) is 0 Å². The van der Waals surface area contributed by atoms with Gasteiger partial charge in [-0.2, -0.15) is 0 Å². The first-order valence-corrected chi connectivity index (χ1v) is 11.5. The molecule has 1 N–H and O–H groups in total. The Kier molecular flexibility index (Phi) is 7.23. The Morgan fingerprint density at radius 1 is 0.966 bits per heavy atom. The van der Waals surface area contributed by atoms with Crippen LogP contribution in [-0.4, -0.2) is 26.6 Å². The highest BCUT2D eigenvalue weighted by atomic mass is 32.2. The first-order chi connectivity index (χ1) is 14.0. The van der Waals surface area contributed by atoms with Gasteiger partial charge in [0.2, 0.25) is 0 Å². The molecule has 1 aromatic heterocycles. The summed E-state index contributed by atoms with van der Waals surface area (Å²) in [6.45, 7) is 5.60. The molecular weight excluding hydrogens is 384 g/mol. The van der Waals surface area contributed by atoms with E-state index in [0.29, 0.717) is 11.2 Å². The lowest BCUT2D eigenvalue weighted by atomic mass is 10.1. The van der Waals surface area contributed by atoms with Crippen molar-refractivity contribution >= 4 is 26.6 Å². The van der Waals surface area contributed by atoms with E-state index in [1.807, 2.05) is 31.2 Å². The van der Waals surface area contributed by atoms with E-state index in [1.54, 1.807) is 30.3 Å². The van der Waals surface area contributed by atoms with Crippen molar-refractivity contribution in [2.45, 2.75) is 44.4 Å². The van der Waals surface area contributed by atoms with Gasteiger partial charge < -0.3 is 4.74 Å². The van der Waals surface area contributed by atoms with E-state index >= 15 is 0 Å². The number of benzene rings is 2. The fourth-order valence-electron chi connectivity index (χ4n) is 3.09. The Morgan fingerprint density at radius 2 is 1.76 bits per heavy atom. The molecule has 0 fully saturated rings. The third-order valence-electron chi connectivity index (χ3n) is 4.67. The zero-order chi connectivity index (χ0) is 20.7. The Bertz CT molecular complexity index is 1050. The monoisotopic (exact) mass is 412 g/mol. The third kappa shape index (κ3) is 5.78. The van der Waals surface area contributed by atoms with Crippen LogP contribution in [0.1, 0.15) is 37.4 Å². The maximum Gasteiger partial charge on any atom is 0.261 e. The molecule has 0 saturated heterocycles. The first kappa shape index (κ1) is 21.3. The lowest BCUT2D eigenvalue weighted by Crippen LogP contribution is -2.13. The lowest BCUT2D eigenvalue weighted by Gasteiger charge is -2.11. The number of aryl methyl sites for hydroxylation is 2. The van der Waals surface area contributed by atoms with E-state index in [9.17, 15) is 8.42 Å². The lowest BCUT2D eigenvalue weighted by molar-refractivity contribution is 0.131. The van der Waals surface area contributed by atoms with E-state index < -0.39 is 10.0 Å². The molecule has 0 aliphatic heterocycles. The predicted octanol–water partition coefficient (Wildman–Crippen LogP) is 5.09. The van der Waals surface area contributed by atoms with Crippen molar-refractivity contribution < 1.29 is 13.2 Å². The number of ether oxygens (including phenoxy) is 1. The van der Waals surface area contributed by atoms with Crippen molar-refractivity contribution in [3.63, 3.8) is 0 Å². The quantitative estimate of drug-likeness (QED) is 0.471. The zero-order valence-electron chi connectivity index (χ0n) is 17.0. The molecule has 0 atom stereocenters. The maximum atomic E-state index is 12.8. The number of para-hydroxylation sites is 1. The number of hydrogen-bond donors (Lipinski definition) is 1. The van der Waals surface area contributed by atoms with Crippen molar-refractivity contribution in [3.8, 4) is 0 Å². The standard InChI is InChI=1S/C23H28N2O3S/c1-3-16-28-17-5-4-8-20-13-12-19-7-6-9-22(23(19)24-20)25-29(26,27)21-14-10-18(2)11-15-21/h6-7,9-15,25H,3-5,8,16-17H2,1-2H3. The van der Waals surface area contributed by atoms with Crippen LogP contribution in [-0.2, 0) is 21.2 Å². The molecule has 29 heavy (non-hydrogen) atoms. The molecule has 1 heterocycles. The van der Waals surface area contributed by atoms with Crippen molar-refractivity contribution in [2.24, 2.45) is 0 Å². The van der Waals surface area contributed by atoms with Crippen molar-refractivity contribution in [1.29, 1.82) is 0 Å². The van der Waals surface area contributed by atoms with Crippen LogP contribution in [0.3, 0.4) is 0 Å². The number of hydrogen-bond acceptors (Lipinski definition) is 4. The highest BCUT2D eigenvalue weighted by Gasteiger charge is 2.16. The van der Waals surface area contributed by atoms with Gasteiger partial charge in [0, 0.05) is 24.3 Å². The molecule has 0 spiro atoms. The zero-order valence-corrected chi connectivity index (χ0v) is 17.8. The van der Waals surface area contributed by atoms with Gasteiger partial charge in [-0.15, -0.1) is 0 Å². The Balaban J connectivity index is 1.76. The number of unbranched alkanes of at least 4 members (excludes halogenated alkanes) is 1. The fraction of sp³-hybridized carbons (Fsp3) is 0.348. The molecule has 0 radical (unpaired) electrons. The minimum atomic E-state index is -3.67. The van der Waals surface area contributed by atoms with Gasteiger partial charge in [-0.05, 0) is 56.9 Å². The number of nitrogens with one attached hydrogen (secondary N) is 1. The Labute approximate surface area is 173 Å². The number of nitrogens with zero attached hydrogens (tertiary/aromatic N) is 1. The van der Waals surface area contributed by atoms with Gasteiger partial charge in [0.05, 0.1) is 16.1 Å². The van der Waals surface area contributed by atoms with Gasteiger partial charge in [-0.3, -0.25) is 9.71 Å². The number of anilines is 1. The molecule has 154 valence electrons. The molecule has 2 aromatic carbocycles. The molecular formula is C23H28N2O3S. The summed E-state index contributed by atoms with van der Waals surface area (Å²) in [4.78, 5) is 4.97. The summed E-state index contributed by atoms with van der Waals surface area (Å²) in [7, 11) is -3.67. The van der Waals surface area contributed by atoms with E-state index in [-0.39, 0.29) is 4.90 Å². The molecule has 5 nitrogen and oxygen atoms in total. The van der Waals surface area contributed by atoms with Gasteiger partial charge in [-0.1, -0.05) is 42.8 Å². The summed E-state index contributed by atoms with van der Waals surface area (Å²) < 4.78 is 33.8. The number of pyridine rings is 1. The number of sulfonamides is 1. The number of fused-ring (bicyclic) bond motifs is 1. The highest BCUT2D eigenvalue weighted by molar-refractivity contribution is 7.92. The minimum absolute atomic E-state index is 0.239. The first-order valence-electron chi connectivity index (χ1n) is 10.1. The SMILES string of the molecule is CCCOCCCCc1ccc2cccc(NS(=O)(=O)c3ccc(C)cc3)c2n1. The van der Waals surface area contributed by atoms with Gasteiger partial charge in [-0.25, -0.2) is 8.42 Å². The minimum Gasteiger partial charge on any atom is -0.381 e. The van der Waals surface area contributed by atoms with Crippen LogP contribution in [0.4, 0.5) is 5.69 Å². The Hall–Kier alpha value is -2.44. The molecule has 3 rings (SSSR count). The highest BCUT2D eigenvalue weighted by Crippen LogP contribution is 2.25. The van der Waals surface area contributed by atoms with Gasteiger partial charge in [0.1, 0.15) is 0 Å². The van der Waals surface area contributed by atoms with E-state index in [4.69, 9.17) is 9.72 Å². The second-order valence-corrected chi connectivity index (χ2v) is 8.85. The summed E-state index contributed by atoms with van der Waals surface area (Å²) in [6.07, 6.45) is 3.85. The van der Waals surface area contributed by atoms with Crippen molar-refractivity contribution in [1.82, 2.24) is 4.98 Å². The van der Waals surface area contributed by atoms with Crippen LogP contribution in [0.25, 0.3) is 10.9 Å². The van der Waals surface area contributed by atoms with Crippen molar-refractivity contribution in [2.75, 3.05) is 17.9 Å². The molecule has 3 aromatic rings. The average Bonchev–Trinajstić information content (AvgIpc) is 2.71. The number of rotatable bonds is 10. The third-order valence-corrected chi connectivity index (χ3v) is 6.05. The molecule has 0 bridgehead atoms. The average molecular weight is 413 g/mol. The summed E-state index contributed by atoms with van der Waals surface area (Å²) in [5.74, 6) is 0. The van der Waals surface area contributed by atoms with E-state index in [1.165, 1.54) is 0 Å². The summed E-state index contributed by atoms with van der Waals surface area (Å²) in [5.41, 5.74) is 3.13. The molecule has 0 unspecified atom stereocenters. The smallest absolute Gasteiger partial charge is 0.261 e. The molecule has 0 saturated carbocycles. The largest absolute Gasteiger partial charge is 0.381 e. The van der Waals surface area contributed by atoms with Gasteiger partial charge in [0.15, 0.2) is 0 Å². The molecule has 6 heteroatoms.